The van der Waals surface area contributed by atoms with E-state index in [9.17, 15) is 5.11 Å². The summed E-state index contributed by atoms with van der Waals surface area (Å²) in [6.45, 7) is 4.25. The van der Waals surface area contributed by atoms with Crippen molar-refractivity contribution in [1.29, 1.82) is 0 Å². The molecule has 2 heterocycles. The first kappa shape index (κ1) is 18.5. The van der Waals surface area contributed by atoms with E-state index >= 15 is 0 Å². The molecule has 0 aromatic heterocycles. The Morgan fingerprint density at radius 2 is 2.08 bits per heavy atom. The molecular weight excluding hydrogens is 324 g/mol. The van der Waals surface area contributed by atoms with Gasteiger partial charge in [-0.05, 0) is 50.3 Å². The first-order chi connectivity index (χ1) is 12.6. The average Bonchev–Trinajstić information content (AvgIpc) is 2.64. The third-order valence-electron chi connectivity index (χ3n) is 5.11. The number of hydrogen-bond acceptors (Lipinski definition) is 4. The van der Waals surface area contributed by atoms with Crippen molar-refractivity contribution < 1.29 is 10.4 Å². The summed E-state index contributed by atoms with van der Waals surface area (Å²) in [5.74, 6) is 0.409. The van der Waals surface area contributed by atoms with E-state index in [4.69, 9.17) is 0 Å². The number of allylic oxidation sites excluding steroid dienone is 3. The highest BCUT2D eigenvalue weighted by Crippen LogP contribution is 2.45. The number of hydrogen-bond donors (Lipinski definition) is 2. The molecule has 2 aliphatic rings. The number of nitrogens with two attached hydrogens (primary N) is 1. The van der Waals surface area contributed by atoms with Crippen molar-refractivity contribution in [2.45, 2.75) is 39.0 Å². The van der Waals surface area contributed by atoms with Gasteiger partial charge in [-0.3, -0.25) is 5.01 Å². The first-order valence-corrected chi connectivity index (χ1v) is 9.63. The lowest BCUT2D eigenvalue weighted by atomic mass is 9.90. The molecule has 1 aromatic carbocycles. The predicted molar refractivity (Wildman–Crippen MR) is 109 cm³/mol. The molecule has 3 N–H and O–H groups in total. The lowest BCUT2D eigenvalue weighted by Gasteiger charge is -2.38. The fraction of sp³-hybridized carbons (Fsp3) is 0.476. The molecule has 0 fully saturated rings. The van der Waals surface area contributed by atoms with Crippen molar-refractivity contribution in [2.24, 2.45) is 5.10 Å². The van der Waals surface area contributed by atoms with Crippen LogP contribution >= 0.6 is 0 Å². The summed E-state index contributed by atoms with van der Waals surface area (Å²) in [6.07, 6.45) is 13.3. The van der Waals surface area contributed by atoms with E-state index in [2.05, 4.69) is 22.1 Å². The highest BCUT2D eigenvalue weighted by atomic mass is 16.3. The summed E-state index contributed by atoms with van der Waals surface area (Å²) >= 11 is 0. The third kappa shape index (κ3) is 3.93. The number of phenolic OH excluding ortho intramolecular Hbond substituents is 1. The second kappa shape index (κ2) is 8.41. The number of nitrogens with zero attached hydrogens (tertiary/aromatic N) is 3. The van der Waals surface area contributed by atoms with E-state index in [-0.39, 0.29) is 0 Å². The summed E-state index contributed by atoms with van der Waals surface area (Å²) in [5.41, 5.74) is 5.61. The largest absolute Gasteiger partial charge is 0.505 e. The van der Waals surface area contributed by atoms with Crippen molar-refractivity contribution in [1.82, 2.24) is 0 Å². The normalized spacial score (nSPS) is 17.2. The monoisotopic (exact) mass is 355 g/mol. The van der Waals surface area contributed by atoms with E-state index in [1.807, 2.05) is 49.7 Å². The van der Waals surface area contributed by atoms with Crippen LogP contribution in [0.25, 0.3) is 0 Å². The highest BCUT2D eigenvalue weighted by molar-refractivity contribution is 5.85. The molecule has 26 heavy (non-hydrogen) atoms. The second-order valence-corrected chi connectivity index (χ2v) is 7.13. The summed E-state index contributed by atoms with van der Waals surface area (Å²) in [7, 11) is 3.93. The Balaban J connectivity index is 1.81. The summed E-state index contributed by atoms with van der Waals surface area (Å²) in [6, 6.07) is 2.14. The van der Waals surface area contributed by atoms with Crippen LogP contribution < -0.4 is 15.2 Å². The van der Waals surface area contributed by atoms with Gasteiger partial charge in [0.15, 0.2) is 0 Å². The molecule has 1 aromatic rings. The second-order valence-electron chi connectivity index (χ2n) is 7.13. The van der Waals surface area contributed by atoms with Crippen LogP contribution in [-0.2, 0) is 12.8 Å². The lowest BCUT2D eigenvalue weighted by Crippen LogP contribution is -2.72. The van der Waals surface area contributed by atoms with Crippen molar-refractivity contribution in [3.05, 3.63) is 41.6 Å². The molecule has 140 valence electrons. The zero-order valence-electron chi connectivity index (χ0n) is 16.2. The highest BCUT2D eigenvalue weighted by Gasteiger charge is 2.28. The van der Waals surface area contributed by atoms with Crippen LogP contribution in [0.5, 0.6) is 5.75 Å². The van der Waals surface area contributed by atoms with Crippen LogP contribution in [0.2, 0.25) is 0 Å². The maximum atomic E-state index is 10.9. The third-order valence-corrected chi connectivity index (χ3v) is 5.11. The van der Waals surface area contributed by atoms with Crippen LogP contribution in [0.4, 0.5) is 11.4 Å². The van der Waals surface area contributed by atoms with Crippen LogP contribution in [0.1, 0.15) is 37.3 Å². The number of anilines is 2. The van der Waals surface area contributed by atoms with Crippen LogP contribution in [0.3, 0.4) is 0 Å². The molecular formula is C21H31N4O+. The fourth-order valence-corrected chi connectivity index (χ4v) is 3.92. The zero-order chi connectivity index (χ0) is 18.5. The molecule has 2 aliphatic heterocycles. The van der Waals surface area contributed by atoms with Gasteiger partial charge in [-0.2, -0.15) is 5.10 Å². The molecule has 0 radical (unpaired) electrons. The quantitative estimate of drug-likeness (QED) is 0.468. The van der Waals surface area contributed by atoms with Crippen molar-refractivity contribution >= 4 is 17.1 Å². The number of quaternary nitrogens is 1. The lowest BCUT2D eigenvalue weighted by molar-refractivity contribution is -0.556. The van der Waals surface area contributed by atoms with Gasteiger partial charge in [0.05, 0.1) is 13.2 Å². The molecule has 0 bridgehead atoms. The number of benzene rings is 1. The molecule has 5 nitrogen and oxygen atoms in total. The number of phenols is 1. The molecule has 0 saturated carbocycles. The fourth-order valence-electron chi connectivity index (χ4n) is 3.92. The van der Waals surface area contributed by atoms with E-state index in [1.54, 1.807) is 0 Å². The molecule has 0 atom stereocenters. The SMILES string of the molecule is C[NH2+]/C=C\C=C/C/C(C)=N/N(C)c1cc2c3c(c1O)CCCN3CCC2. The Hall–Kier alpha value is -2.27. The number of aryl methyl sites for hydroxylation is 1. The topological polar surface area (TPSA) is 55.7 Å². The van der Waals surface area contributed by atoms with E-state index < -0.39 is 0 Å². The van der Waals surface area contributed by atoms with Gasteiger partial charge in [0, 0.05) is 43.5 Å². The number of hydrazone groups is 1. The van der Waals surface area contributed by atoms with Gasteiger partial charge >= 0.3 is 0 Å². The van der Waals surface area contributed by atoms with Gasteiger partial charge in [0.2, 0.25) is 0 Å². The summed E-state index contributed by atoms with van der Waals surface area (Å²) in [5, 5.41) is 19.4. The van der Waals surface area contributed by atoms with E-state index in [1.165, 1.54) is 17.7 Å². The van der Waals surface area contributed by atoms with Gasteiger partial charge in [0.25, 0.3) is 0 Å². The van der Waals surface area contributed by atoms with Crippen molar-refractivity contribution in [3.63, 3.8) is 0 Å². The van der Waals surface area contributed by atoms with Crippen LogP contribution in [0.15, 0.2) is 35.6 Å². The molecule has 0 unspecified atom stereocenters. The van der Waals surface area contributed by atoms with E-state index in [0.717, 1.165) is 55.7 Å². The molecule has 0 aliphatic carbocycles. The number of aromatic hydroxyl groups is 1. The minimum Gasteiger partial charge on any atom is -0.505 e. The Morgan fingerprint density at radius 3 is 2.85 bits per heavy atom. The Morgan fingerprint density at radius 1 is 1.31 bits per heavy atom. The molecule has 5 heteroatoms. The van der Waals surface area contributed by atoms with Gasteiger partial charge in [0.1, 0.15) is 11.4 Å². The minimum absolute atomic E-state index is 0.409. The Bertz CT molecular complexity index is 734. The smallest absolute Gasteiger partial charge is 0.146 e. The zero-order valence-corrected chi connectivity index (χ0v) is 16.2. The van der Waals surface area contributed by atoms with Crippen molar-refractivity contribution in [2.75, 3.05) is 37.1 Å². The maximum absolute atomic E-state index is 10.9. The predicted octanol–water partition coefficient (Wildman–Crippen LogP) is 2.56. The van der Waals surface area contributed by atoms with Gasteiger partial charge in [-0.1, -0.05) is 12.2 Å². The van der Waals surface area contributed by atoms with Gasteiger partial charge < -0.3 is 15.3 Å². The van der Waals surface area contributed by atoms with Crippen LogP contribution in [0, 0.1) is 0 Å². The molecule has 0 spiro atoms. The Kier molecular flexibility index (Phi) is 5.99. The average molecular weight is 356 g/mol. The summed E-state index contributed by atoms with van der Waals surface area (Å²) in [4.78, 5) is 2.45. The van der Waals surface area contributed by atoms with Crippen molar-refractivity contribution in [3.8, 4) is 5.75 Å². The maximum Gasteiger partial charge on any atom is 0.146 e. The Labute approximate surface area is 156 Å². The van der Waals surface area contributed by atoms with Gasteiger partial charge in [-0.15, -0.1) is 0 Å². The van der Waals surface area contributed by atoms with E-state index in [0.29, 0.717) is 5.75 Å². The molecule has 0 saturated heterocycles. The van der Waals surface area contributed by atoms with Crippen LogP contribution in [-0.4, -0.2) is 38.0 Å². The first-order valence-electron chi connectivity index (χ1n) is 9.63. The minimum atomic E-state index is 0.409. The molecule has 3 rings (SSSR count). The van der Waals surface area contributed by atoms with Gasteiger partial charge in [-0.25, -0.2) is 0 Å². The number of rotatable bonds is 6. The molecule has 0 amide bonds. The standard InChI is InChI=1S/C21H30N4O/c1-16(9-5-4-6-12-22-2)23-24(3)19-15-17-10-7-13-25-14-8-11-18(20(17)25)21(19)26/h4-6,12,15,22,26H,7-11,13-14H2,1-3H3/p+1/b5-4-,12-6-,23-16+. The summed E-state index contributed by atoms with van der Waals surface area (Å²) < 4.78 is 0.